The highest BCUT2D eigenvalue weighted by atomic mass is 35.5. The summed E-state index contributed by atoms with van der Waals surface area (Å²) in [7, 11) is 0. The zero-order chi connectivity index (χ0) is 18.4. The van der Waals surface area contributed by atoms with E-state index in [-0.39, 0.29) is 24.9 Å². The first-order valence-electron chi connectivity index (χ1n) is 9.09. The van der Waals surface area contributed by atoms with Crippen molar-refractivity contribution in [2.45, 2.75) is 43.9 Å². The Labute approximate surface area is 166 Å². The summed E-state index contributed by atoms with van der Waals surface area (Å²) in [4.78, 5) is 12.3. The van der Waals surface area contributed by atoms with Crippen LogP contribution in [0.25, 0.3) is 0 Å². The Balaban J connectivity index is 0.00000261. The molecule has 3 rings (SSSR count). The fraction of sp³-hybridized carbons (Fsp3) is 0.381. The third-order valence-corrected chi connectivity index (χ3v) is 4.90. The van der Waals surface area contributed by atoms with Crippen LogP contribution in [0.15, 0.2) is 54.6 Å². The summed E-state index contributed by atoms with van der Waals surface area (Å²) in [6, 6.07) is 17.2. The van der Waals surface area contributed by atoms with E-state index < -0.39 is 11.6 Å². The molecular formula is C21H27ClN2O3. The highest BCUT2D eigenvalue weighted by molar-refractivity contribution is 5.86. The lowest BCUT2D eigenvalue weighted by Crippen LogP contribution is -2.52. The number of amides is 1. The summed E-state index contributed by atoms with van der Waals surface area (Å²) >= 11 is 0. The topological polar surface area (TPSA) is 84.6 Å². The maximum Gasteiger partial charge on any atom is 0.240 e. The molecule has 1 aliphatic carbocycles. The quantitative estimate of drug-likeness (QED) is 0.678. The lowest BCUT2D eigenvalue weighted by atomic mass is 9.98. The average Bonchev–Trinajstić information content (AvgIpc) is 3.13. The Bertz CT molecular complexity index is 733. The molecule has 146 valence electrons. The summed E-state index contributed by atoms with van der Waals surface area (Å²) < 4.78 is 5.79. The van der Waals surface area contributed by atoms with Crippen molar-refractivity contribution >= 4 is 18.3 Å². The van der Waals surface area contributed by atoms with Gasteiger partial charge in [0.2, 0.25) is 5.91 Å². The molecular weight excluding hydrogens is 364 g/mol. The molecule has 0 heterocycles. The molecule has 1 fully saturated rings. The average molecular weight is 391 g/mol. The molecule has 1 aliphatic rings. The molecule has 1 amide bonds. The van der Waals surface area contributed by atoms with Gasteiger partial charge in [-0.05, 0) is 36.1 Å². The van der Waals surface area contributed by atoms with Gasteiger partial charge in [0.25, 0.3) is 0 Å². The molecule has 27 heavy (non-hydrogen) atoms. The number of aliphatic hydroxyl groups is 1. The first-order valence-corrected chi connectivity index (χ1v) is 9.09. The van der Waals surface area contributed by atoms with Crippen molar-refractivity contribution < 1.29 is 14.6 Å². The van der Waals surface area contributed by atoms with Gasteiger partial charge in [-0.15, -0.1) is 12.4 Å². The molecule has 2 aromatic carbocycles. The number of carbonyl (C=O) groups is 1. The van der Waals surface area contributed by atoms with Crippen LogP contribution in [0.4, 0.5) is 0 Å². The minimum atomic E-state index is -0.802. The number of carbonyl (C=O) groups excluding carboxylic acids is 1. The zero-order valence-electron chi connectivity index (χ0n) is 15.3. The van der Waals surface area contributed by atoms with Crippen LogP contribution in [-0.2, 0) is 11.4 Å². The van der Waals surface area contributed by atoms with Gasteiger partial charge in [0.05, 0.1) is 11.6 Å². The Morgan fingerprint density at radius 3 is 2.56 bits per heavy atom. The number of hydrogen-bond acceptors (Lipinski definition) is 4. The van der Waals surface area contributed by atoms with Crippen molar-refractivity contribution in [1.82, 2.24) is 5.32 Å². The highest BCUT2D eigenvalue weighted by Gasteiger charge is 2.36. The van der Waals surface area contributed by atoms with E-state index in [1.807, 2.05) is 48.5 Å². The van der Waals surface area contributed by atoms with Crippen molar-refractivity contribution in [1.29, 1.82) is 0 Å². The van der Waals surface area contributed by atoms with Crippen molar-refractivity contribution in [3.05, 3.63) is 65.7 Å². The number of hydrogen-bond donors (Lipinski definition) is 3. The van der Waals surface area contributed by atoms with E-state index in [1.165, 1.54) is 0 Å². The monoisotopic (exact) mass is 390 g/mol. The van der Waals surface area contributed by atoms with Crippen molar-refractivity contribution in [3.63, 3.8) is 0 Å². The minimum absolute atomic E-state index is 0. The summed E-state index contributed by atoms with van der Waals surface area (Å²) in [6.07, 6.45) is 2.57. The van der Waals surface area contributed by atoms with Crippen LogP contribution in [0.3, 0.4) is 0 Å². The van der Waals surface area contributed by atoms with Gasteiger partial charge in [-0.2, -0.15) is 0 Å². The Kier molecular flexibility index (Phi) is 7.66. The molecule has 0 spiro atoms. The van der Waals surface area contributed by atoms with Gasteiger partial charge in [-0.1, -0.05) is 55.3 Å². The number of nitrogens with one attached hydrogen (secondary N) is 1. The molecule has 0 bridgehead atoms. The normalized spacial score (nSPS) is 16.2. The van der Waals surface area contributed by atoms with Gasteiger partial charge in [0.15, 0.2) is 0 Å². The second kappa shape index (κ2) is 9.74. The molecule has 0 saturated heterocycles. The van der Waals surface area contributed by atoms with Gasteiger partial charge < -0.3 is 20.9 Å². The van der Waals surface area contributed by atoms with Gasteiger partial charge in [-0.3, -0.25) is 4.79 Å². The van der Waals surface area contributed by atoms with E-state index in [9.17, 15) is 9.90 Å². The predicted molar refractivity (Wildman–Crippen MR) is 108 cm³/mol. The van der Waals surface area contributed by atoms with Gasteiger partial charge in [-0.25, -0.2) is 0 Å². The Morgan fingerprint density at radius 2 is 1.85 bits per heavy atom. The van der Waals surface area contributed by atoms with Crippen LogP contribution in [-0.4, -0.2) is 23.1 Å². The summed E-state index contributed by atoms with van der Waals surface area (Å²) in [5.41, 5.74) is 7.14. The standard InChI is InChI=1S/C21H26N2O3.ClH/c22-21(11-4-5-12-21)20(25)23-14-19(24)17-9-6-10-18(13-17)26-15-16-7-2-1-3-8-16;/h1-3,6-10,13,19,24H,4-5,11-12,14-15,22H2,(H,23,25);1H. The van der Waals surface area contributed by atoms with E-state index >= 15 is 0 Å². The molecule has 1 atom stereocenters. The lowest BCUT2D eigenvalue weighted by molar-refractivity contribution is -0.126. The largest absolute Gasteiger partial charge is 0.489 e. The lowest BCUT2D eigenvalue weighted by Gasteiger charge is -2.23. The number of aliphatic hydroxyl groups excluding tert-OH is 1. The molecule has 0 aromatic heterocycles. The molecule has 6 heteroatoms. The molecule has 0 aliphatic heterocycles. The van der Waals surface area contributed by atoms with Crippen molar-refractivity contribution in [2.75, 3.05) is 6.54 Å². The van der Waals surface area contributed by atoms with Crippen LogP contribution >= 0.6 is 12.4 Å². The molecule has 4 N–H and O–H groups in total. The van der Waals surface area contributed by atoms with Crippen LogP contribution in [0.1, 0.15) is 42.9 Å². The molecule has 1 unspecified atom stereocenters. The highest BCUT2D eigenvalue weighted by Crippen LogP contribution is 2.27. The smallest absolute Gasteiger partial charge is 0.240 e. The fourth-order valence-corrected chi connectivity index (χ4v) is 3.27. The molecule has 1 saturated carbocycles. The molecule has 0 radical (unpaired) electrons. The first-order chi connectivity index (χ1) is 12.6. The zero-order valence-corrected chi connectivity index (χ0v) is 16.1. The molecule has 5 nitrogen and oxygen atoms in total. The minimum Gasteiger partial charge on any atom is -0.489 e. The third kappa shape index (κ3) is 5.70. The number of ether oxygens (including phenoxy) is 1. The van der Waals surface area contributed by atoms with Crippen LogP contribution in [0.2, 0.25) is 0 Å². The van der Waals surface area contributed by atoms with E-state index in [2.05, 4.69) is 5.32 Å². The van der Waals surface area contributed by atoms with Crippen molar-refractivity contribution in [3.8, 4) is 5.75 Å². The van der Waals surface area contributed by atoms with Crippen LogP contribution < -0.4 is 15.8 Å². The second-order valence-corrected chi connectivity index (χ2v) is 6.94. The Hall–Kier alpha value is -2.08. The van der Waals surface area contributed by atoms with Gasteiger partial charge in [0.1, 0.15) is 12.4 Å². The van der Waals surface area contributed by atoms with E-state index in [1.54, 1.807) is 6.07 Å². The van der Waals surface area contributed by atoms with Crippen molar-refractivity contribution in [2.24, 2.45) is 5.73 Å². The van der Waals surface area contributed by atoms with Gasteiger partial charge in [0, 0.05) is 6.54 Å². The molecule has 2 aromatic rings. The number of nitrogens with two attached hydrogens (primary N) is 1. The number of benzene rings is 2. The van der Waals surface area contributed by atoms with E-state index in [0.29, 0.717) is 30.8 Å². The van der Waals surface area contributed by atoms with E-state index in [4.69, 9.17) is 10.5 Å². The maximum absolute atomic E-state index is 12.3. The summed E-state index contributed by atoms with van der Waals surface area (Å²) in [5.74, 6) is 0.508. The number of rotatable bonds is 7. The third-order valence-electron chi connectivity index (χ3n) is 4.90. The second-order valence-electron chi connectivity index (χ2n) is 6.94. The summed E-state index contributed by atoms with van der Waals surface area (Å²) in [6.45, 7) is 0.604. The maximum atomic E-state index is 12.3. The van der Waals surface area contributed by atoms with Crippen LogP contribution in [0.5, 0.6) is 5.75 Å². The fourth-order valence-electron chi connectivity index (χ4n) is 3.27. The SMILES string of the molecule is Cl.NC1(C(=O)NCC(O)c2cccc(OCc3ccccc3)c2)CCCC1. The first kappa shape index (κ1) is 21.2. The van der Waals surface area contributed by atoms with E-state index in [0.717, 1.165) is 18.4 Å². The predicted octanol–water partition coefficient (Wildman–Crippen LogP) is 3.11. The van der Waals surface area contributed by atoms with Gasteiger partial charge >= 0.3 is 0 Å². The summed E-state index contributed by atoms with van der Waals surface area (Å²) in [5, 5.41) is 13.2. The number of halogens is 1. The van der Waals surface area contributed by atoms with Crippen LogP contribution in [0, 0.1) is 0 Å². The Morgan fingerprint density at radius 1 is 1.15 bits per heavy atom.